The maximum atomic E-state index is 12.7. The number of hydrogen-bond acceptors (Lipinski definition) is 13. The summed E-state index contributed by atoms with van der Waals surface area (Å²) in [7, 11) is 0. The number of carbonyl (C=O) groups is 9. The first-order valence-electron chi connectivity index (χ1n) is 32.4. The molecule has 0 radical (unpaired) electrons. The van der Waals surface area contributed by atoms with Gasteiger partial charge in [-0.1, -0.05) is 138 Å². The molecular weight excluding hydrogens is 1180 g/mol. The third-order valence-electron chi connectivity index (χ3n) is 16.9. The molecule has 0 heterocycles. The smallest absolute Gasteiger partial charge is 0.308 e. The van der Waals surface area contributed by atoms with E-state index in [2.05, 4.69) is 46.6 Å². The molecule has 3 aromatic rings. The van der Waals surface area contributed by atoms with Crippen molar-refractivity contribution >= 4 is 53.5 Å². The topological polar surface area (TPSA) is 271 Å². The third-order valence-corrected chi connectivity index (χ3v) is 16.9. The minimum atomic E-state index is -0.972. The Kier molecular flexibility index (Phi) is 30.4. The van der Waals surface area contributed by atoms with Crippen molar-refractivity contribution in [3.63, 3.8) is 0 Å². The summed E-state index contributed by atoms with van der Waals surface area (Å²) < 4.78 is 21.8. The van der Waals surface area contributed by atoms with Crippen LogP contribution in [0.2, 0.25) is 0 Å². The normalized spacial score (nSPS) is 18.7. The zero-order valence-electron chi connectivity index (χ0n) is 56.7. The maximum Gasteiger partial charge on any atom is 0.308 e. The van der Waals surface area contributed by atoms with E-state index in [0.717, 1.165) is 122 Å². The molecule has 0 saturated carbocycles. The summed E-state index contributed by atoms with van der Waals surface area (Å²) in [6, 6.07) is 11.3. The van der Waals surface area contributed by atoms with Crippen LogP contribution in [0.25, 0.3) is 0 Å². The molecule has 3 aliphatic carbocycles. The highest BCUT2D eigenvalue weighted by molar-refractivity contribution is 6.02. The lowest BCUT2D eigenvalue weighted by atomic mass is 9.77. The summed E-state index contributed by atoms with van der Waals surface area (Å²) in [6.45, 7) is 33.3. The molecule has 0 fully saturated rings. The van der Waals surface area contributed by atoms with Crippen LogP contribution < -0.4 is 9.47 Å². The van der Waals surface area contributed by atoms with E-state index in [1.54, 1.807) is 13.8 Å². The van der Waals surface area contributed by atoms with Crippen molar-refractivity contribution in [1.29, 1.82) is 0 Å². The van der Waals surface area contributed by atoms with Gasteiger partial charge >= 0.3 is 47.8 Å². The van der Waals surface area contributed by atoms with Crippen LogP contribution in [0.5, 0.6) is 11.5 Å². The van der Waals surface area contributed by atoms with Gasteiger partial charge in [-0.05, 0) is 164 Å². The van der Waals surface area contributed by atoms with Crippen LogP contribution in [-0.4, -0.2) is 86.7 Å². The predicted molar refractivity (Wildman–Crippen MR) is 358 cm³/mol. The number of benzene rings is 3. The Hall–Kier alpha value is -8.47. The first-order valence-corrected chi connectivity index (χ1v) is 32.4. The van der Waals surface area contributed by atoms with E-state index in [0.29, 0.717) is 62.4 Å². The molecule has 0 saturated heterocycles. The van der Waals surface area contributed by atoms with E-state index in [1.807, 2.05) is 69.3 Å². The zero-order chi connectivity index (χ0) is 69.6. The average Bonchev–Trinajstić information content (AvgIpc) is 1.73. The fourth-order valence-corrected chi connectivity index (χ4v) is 13.1. The molecular formula is C76H98O17. The van der Waals surface area contributed by atoms with Gasteiger partial charge in [0.2, 0.25) is 0 Å². The molecule has 1 unspecified atom stereocenters. The van der Waals surface area contributed by atoms with Gasteiger partial charge in [0.25, 0.3) is 0 Å². The van der Waals surface area contributed by atoms with Crippen molar-refractivity contribution in [3.05, 3.63) is 163 Å². The van der Waals surface area contributed by atoms with E-state index >= 15 is 0 Å². The van der Waals surface area contributed by atoms with Crippen LogP contribution >= 0.6 is 0 Å². The lowest BCUT2D eigenvalue weighted by molar-refractivity contribution is -0.146. The van der Waals surface area contributed by atoms with E-state index in [9.17, 15) is 63.6 Å². The number of unbranched alkanes of at least 4 members (excludes halogenated alkanes) is 6. The molecule has 4 N–H and O–H groups in total. The molecule has 17 nitrogen and oxygen atoms in total. The van der Waals surface area contributed by atoms with Crippen molar-refractivity contribution in [2.75, 3.05) is 6.61 Å². The number of aliphatic carboxylic acids is 4. The number of hydrogen-bond donors (Lipinski definition) is 4. The number of ether oxygens (including phenoxy) is 4. The lowest BCUT2D eigenvalue weighted by Gasteiger charge is -2.29. The monoisotopic (exact) mass is 1280 g/mol. The molecule has 3 aliphatic rings. The van der Waals surface area contributed by atoms with Crippen molar-refractivity contribution in [3.8, 4) is 11.5 Å². The van der Waals surface area contributed by atoms with Crippen molar-refractivity contribution < 1.29 is 82.5 Å². The number of carbonyl (C=O) groups excluding carboxylic acids is 5. The van der Waals surface area contributed by atoms with Crippen LogP contribution in [0.4, 0.5) is 0 Å². The van der Waals surface area contributed by atoms with Gasteiger partial charge in [-0.15, -0.1) is 0 Å². The van der Waals surface area contributed by atoms with Gasteiger partial charge in [0, 0.05) is 56.9 Å². The van der Waals surface area contributed by atoms with Gasteiger partial charge in [-0.3, -0.25) is 43.2 Å². The predicted octanol–water partition coefficient (Wildman–Crippen LogP) is 14.8. The molecule has 7 atom stereocenters. The molecule has 6 rings (SSSR count). The molecule has 17 heteroatoms. The summed E-state index contributed by atoms with van der Waals surface area (Å²) in [5.74, 6) is -6.71. The van der Waals surface area contributed by atoms with Crippen LogP contribution in [0.3, 0.4) is 0 Å². The van der Waals surface area contributed by atoms with Gasteiger partial charge in [0.05, 0.1) is 31.6 Å². The maximum absolute atomic E-state index is 12.7. The number of aryl methyl sites for hydroxylation is 3. The highest BCUT2D eigenvalue weighted by Crippen LogP contribution is 2.49. The molecule has 0 aliphatic heterocycles. The van der Waals surface area contributed by atoms with Crippen molar-refractivity contribution in [1.82, 2.24) is 0 Å². The molecule has 0 bridgehead atoms. The molecule has 0 spiro atoms. The van der Waals surface area contributed by atoms with Crippen molar-refractivity contribution in [2.24, 2.45) is 17.8 Å². The summed E-state index contributed by atoms with van der Waals surface area (Å²) in [4.78, 5) is 106. The summed E-state index contributed by atoms with van der Waals surface area (Å²) in [5, 5.41) is 38.3. The van der Waals surface area contributed by atoms with Gasteiger partial charge in [-0.25, -0.2) is 0 Å². The Morgan fingerprint density at radius 1 is 0.495 bits per heavy atom. The third kappa shape index (κ3) is 23.0. The first kappa shape index (κ1) is 77.0. The Morgan fingerprint density at radius 3 is 1.26 bits per heavy atom. The second-order valence-electron chi connectivity index (χ2n) is 25.2. The molecule has 3 aromatic carbocycles. The largest absolute Gasteiger partial charge is 0.481 e. The Morgan fingerprint density at radius 2 is 0.903 bits per heavy atom. The highest BCUT2D eigenvalue weighted by atomic mass is 16.6. The van der Waals surface area contributed by atoms with E-state index < -0.39 is 59.7 Å². The van der Waals surface area contributed by atoms with Crippen LogP contribution in [0, 0.1) is 17.8 Å². The quantitative estimate of drug-likeness (QED) is 0.0202. The molecule has 504 valence electrons. The zero-order valence-corrected chi connectivity index (χ0v) is 56.7. The number of Topliss-reactive ketones (excluding diaryl/α,β-unsaturated/α-hetero) is 1. The number of rotatable bonds is 31. The molecule has 0 aromatic heterocycles. The summed E-state index contributed by atoms with van der Waals surface area (Å²) >= 11 is 0. The number of allylic oxidation sites excluding steroid dienone is 6. The number of ketones is 1. The van der Waals surface area contributed by atoms with E-state index in [1.165, 1.54) is 27.7 Å². The number of carboxylic acid groups (broad SMARTS) is 4. The van der Waals surface area contributed by atoms with Crippen LogP contribution in [0.1, 0.15) is 221 Å². The Bertz CT molecular complexity index is 3290. The van der Waals surface area contributed by atoms with Crippen LogP contribution in [0.15, 0.2) is 108 Å². The summed E-state index contributed by atoms with van der Waals surface area (Å²) in [6.07, 6.45) is 17.0. The van der Waals surface area contributed by atoms with Crippen LogP contribution in [-0.2, 0) is 97.6 Å². The first-order chi connectivity index (χ1) is 43.8. The Labute approximate surface area is 549 Å². The molecule has 0 amide bonds. The second-order valence-corrected chi connectivity index (χ2v) is 25.2. The fourth-order valence-electron chi connectivity index (χ4n) is 13.1. The van der Waals surface area contributed by atoms with Gasteiger partial charge in [0.1, 0.15) is 24.2 Å². The summed E-state index contributed by atoms with van der Waals surface area (Å²) in [5.41, 5.74) is 12.3. The minimum Gasteiger partial charge on any atom is -0.481 e. The number of esters is 4. The van der Waals surface area contributed by atoms with Gasteiger partial charge in [-0.2, -0.15) is 0 Å². The van der Waals surface area contributed by atoms with E-state index in [4.69, 9.17) is 18.9 Å². The highest BCUT2D eigenvalue weighted by Gasteiger charge is 2.42. The standard InChI is InChI=1S/2C26H34O6.C24H30O5/c1-6-7-8-9-18-11-19(13-22(28)29)25(20(12-18)14-23(30)31)21-10-16(4)26(32-17(5)27)24(21)15(2)3;1-5-6-7-8-19-11-20(13-24(28)29)26(21(12-19)14-25(30)31)23-10-16(2)9-22(23)17(3)15-32-18(4)27;1-7-8-9-10-18-12-20(28-16(5)25)23(21(13-18)29-17(6)26)19-11-15(4)24(27)22(19)14(2)3/h10-12,21,24,26H,2,6-9,13-14H2,1,3-5H3,(H,28,29)(H,30,31);10-12,22-23H,3,5-9,13-15H2,1-2,4H3,(H,28,29)(H,30,31);11-13,19,22H,2,7-10H2,1,3-6H3/t21-,24+,26?;22-,23+;19-,22+/m101/s1. The SMILES string of the molecule is C=C(C)[C@@H]1C(=O)C(C)=C[C@H]1c1c(OC(C)=O)cc(CCCCC)cc1OC(C)=O.C=C(C)[C@@H]1C(OC(C)=O)C(C)=C[C@H]1c1c(CC(=O)O)cc(CCCCC)cc1CC(=O)O.C=C(COC(C)=O)[C@@H]1CC(C)=C[C@H]1c1c(CC(=O)O)cc(CCCCC)cc1CC(=O)O. The van der Waals surface area contributed by atoms with E-state index in [-0.39, 0.29) is 67.7 Å². The second kappa shape index (κ2) is 36.7. The Balaban J connectivity index is 0.000000298. The minimum absolute atomic E-state index is 0.0166. The molecule has 93 heavy (non-hydrogen) atoms. The van der Waals surface area contributed by atoms with Crippen molar-refractivity contribution in [2.45, 2.75) is 216 Å². The van der Waals surface area contributed by atoms with Gasteiger partial charge < -0.3 is 39.4 Å². The number of carboxylic acids is 4. The lowest BCUT2D eigenvalue weighted by Crippen LogP contribution is -2.28. The fraction of sp³-hybridized carbons (Fsp3) is 0.487. The average molecular weight is 1280 g/mol. The van der Waals surface area contributed by atoms with Gasteiger partial charge in [0.15, 0.2) is 5.78 Å².